The topological polar surface area (TPSA) is 97.7 Å². The van der Waals surface area contributed by atoms with Crippen LogP contribution in [0.25, 0.3) is 0 Å². The van der Waals surface area contributed by atoms with Gasteiger partial charge in [-0.05, 0) is 0 Å². The van der Waals surface area contributed by atoms with Crippen molar-refractivity contribution >= 4 is 47.4 Å². The number of carboxylic acid groups (broad SMARTS) is 1. The van der Waals surface area contributed by atoms with Crippen LogP contribution in [0.15, 0.2) is 0 Å². The van der Waals surface area contributed by atoms with E-state index in [1.54, 1.807) is 0 Å². The fraction of sp³-hybridized carbons (Fsp3) is 0.200. The van der Waals surface area contributed by atoms with Gasteiger partial charge in [-0.15, -0.1) is 0 Å². The fourth-order valence-electron chi connectivity index (χ4n) is 0.584. The van der Waals surface area contributed by atoms with Crippen LogP contribution in [-0.4, -0.2) is 20.8 Å². The van der Waals surface area contributed by atoms with Gasteiger partial charge in [-0.2, -0.15) is 0 Å². The minimum absolute atomic E-state index is 0.451. The van der Waals surface area contributed by atoms with E-state index in [0.717, 1.165) is 6.92 Å². The van der Waals surface area contributed by atoms with E-state index in [1.165, 1.54) is 0 Å². The van der Waals surface area contributed by atoms with Gasteiger partial charge in [0.1, 0.15) is 0 Å². The molecule has 0 radical (unpaired) electrons. The minimum atomic E-state index is -3.15. The standard InChI is InChI=1S/C5H4I2O6/c1-2(8)6-4(11)13-5(12)7(6)3(9)10/h1H3,(H,9,10). The molecule has 1 aliphatic heterocycles. The molecule has 0 saturated carbocycles. The van der Waals surface area contributed by atoms with Gasteiger partial charge in [-0.3, -0.25) is 0 Å². The number of ether oxygens (including phenoxy) is 1. The van der Waals surface area contributed by atoms with Crippen molar-refractivity contribution in [1.29, 1.82) is 0 Å². The maximum absolute atomic E-state index is 10.9. The zero-order valence-electron chi connectivity index (χ0n) is 6.24. The average Bonchev–Trinajstić information content (AvgIpc) is 2.24. The third kappa shape index (κ3) is 1.98. The molecule has 1 saturated heterocycles. The van der Waals surface area contributed by atoms with E-state index in [2.05, 4.69) is 4.74 Å². The van der Waals surface area contributed by atoms with E-state index in [0.29, 0.717) is 0 Å². The molecule has 8 heteroatoms. The summed E-state index contributed by atoms with van der Waals surface area (Å²) in [6, 6.07) is 0. The summed E-state index contributed by atoms with van der Waals surface area (Å²) in [5.41, 5.74) is 0. The summed E-state index contributed by atoms with van der Waals surface area (Å²) in [6.45, 7) is 1.15. The molecular weight excluding hydrogens is 410 g/mol. The van der Waals surface area contributed by atoms with E-state index in [-0.39, 0.29) is 0 Å². The monoisotopic (exact) mass is 414 g/mol. The summed E-state index contributed by atoms with van der Waals surface area (Å²) < 4.78 is 0.631. The zero-order valence-corrected chi connectivity index (χ0v) is 10.6. The van der Waals surface area contributed by atoms with Gasteiger partial charge in [0.05, 0.1) is 0 Å². The van der Waals surface area contributed by atoms with Crippen molar-refractivity contribution in [3.8, 4) is 0 Å². The number of carbonyl (C=O) groups excluding carboxylic acids is 3. The van der Waals surface area contributed by atoms with Crippen molar-refractivity contribution in [2.75, 3.05) is 0 Å². The van der Waals surface area contributed by atoms with E-state index in [4.69, 9.17) is 5.11 Å². The molecule has 0 aliphatic carbocycles. The molecule has 1 heterocycles. The quantitative estimate of drug-likeness (QED) is 0.424. The molecule has 0 aromatic heterocycles. The van der Waals surface area contributed by atoms with Crippen molar-refractivity contribution in [1.82, 2.24) is 0 Å². The van der Waals surface area contributed by atoms with Crippen LogP contribution in [0.2, 0.25) is 0 Å². The predicted octanol–water partition coefficient (Wildman–Crippen LogP) is 2.41. The molecule has 0 aromatic carbocycles. The maximum atomic E-state index is 10.9. The molecule has 0 bridgehead atoms. The molecule has 1 rings (SSSR count). The van der Waals surface area contributed by atoms with Crippen LogP contribution in [-0.2, 0) is 9.53 Å². The first kappa shape index (κ1) is 10.8. The van der Waals surface area contributed by atoms with Crippen LogP contribution in [0.1, 0.15) is 6.92 Å². The first-order valence-electron chi connectivity index (χ1n) is 2.85. The molecule has 0 unspecified atom stereocenters. The van der Waals surface area contributed by atoms with E-state index in [1.807, 2.05) is 0 Å². The van der Waals surface area contributed by atoms with Gasteiger partial charge in [-0.25, -0.2) is 0 Å². The van der Waals surface area contributed by atoms with Gasteiger partial charge in [-0.1, -0.05) is 0 Å². The second-order valence-corrected chi connectivity index (χ2v) is 19.6. The summed E-state index contributed by atoms with van der Waals surface area (Å²) >= 11 is -6.11. The van der Waals surface area contributed by atoms with Crippen LogP contribution in [0, 0.1) is 0 Å². The number of hydrogen-bond donors (Lipinski definition) is 1. The Hall–Kier alpha value is -0.260. The van der Waals surface area contributed by atoms with E-state index in [9.17, 15) is 19.2 Å². The number of carbonyl (C=O) groups is 4. The molecule has 1 aliphatic rings. The third-order valence-corrected chi connectivity index (χ3v) is 22.0. The third-order valence-electron chi connectivity index (χ3n) is 0.950. The molecule has 0 atom stereocenters. The van der Waals surface area contributed by atoms with E-state index >= 15 is 0 Å². The molecule has 1 fully saturated rings. The Morgan fingerprint density at radius 1 is 1.23 bits per heavy atom. The van der Waals surface area contributed by atoms with Gasteiger partial charge in [0, 0.05) is 0 Å². The molecule has 6 nitrogen and oxygen atoms in total. The number of rotatable bonds is 2. The van der Waals surface area contributed by atoms with E-state index < -0.39 is 47.4 Å². The summed E-state index contributed by atoms with van der Waals surface area (Å²) in [7, 11) is 0. The van der Waals surface area contributed by atoms with Crippen LogP contribution in [0.3, 0.4) is 0 Å². The van der Waals surface area contributed by atoms with Crippen molar-refractivity contribution in [3.05, 3.63) is 0 Å². The first-order valence-corrected chi connectivity index (χ1v) is 13.4. The molecule has 13 heavy (non-hydrogen) atoms. The van der Waals surface area contributed by atoms with Crippen LogP contribution in [0.5, 0.6) is 0 Å². The molecule has 1 N–H and O–H groups in total. The summed E-state index contributed by atoms with van der Waals surface area (Å²) in [5, 5.41) is 8.62. The SMILES string of the molecule is CC(=O)I1C(=O)OC(=O)I1C(=O)O. The van der Waals surface area contributed by atoms with Crippen molar-refractivity contribution in [3.63, 3.8) is 0 Å². The Labute approximate surface area is 82.8 Å². The Morgan fingerprint density at radius 2 is 1.69 bits per heavy atom. The molecule has 0 aromatic rings. The van der Waals surface area contributed by atoms with Crippen molar-refractivity contribution in [2.24, 2.45) is 0 Å². The normalized spacial score (nSPS) is 21.6. The fourth-order valence-corrected chi connectivity index (χ4v) is 16.2. The van der Waals surface area contributed by atoms with Crippen LogP contribution >= 0.6 is 31.7 Å². The summed E-state index contributed by atoms with van der Waals surface area (Å²) in [5.74, 6) is 0. The van der Waals surface area contributed by atoms with Crippen LogP contribution in [0.4, 0.5) is 14.4 Å². The number of cyclic esters (lactones) is 2. The van der Waals surface area contributed by atoms with Gasteiger partial charge >= 0.3 is 83.4 Å². The number of hydrogen-bond acceptors (Lipinski definition) is 5. The average molecular weight is 414 g/mol. The second kappa shape index (κ2) is 3.86. The van der Waals surface area contributed by atoms with Crippen molar-refractivity contribution in [2.45, 2.75) is 6.92 Å². The Kier molecular flexibility index (Phi) is 3.21. The van der Waals surface area contributed by atoms with Crippen molar-refractivity contribution < 1.29 is 29.0 Å². The van der Waals surface area contributed by atoms with Gasteiger partial charge in [0.2, 0.25) is 0 Å². The Balaban J connectivity index is 3.03. The molecule has 0 spiro atoms. The Morgan fingerprint density at radius 3 is 2.00 bits per heavy atom. The summed E-state index contributed by atoms with van der Waals surface area (Å²) in [6.07, 6.45) is 0. The summed E-state index contributed by atoms with van der Waals surface area (Å²) in [4.78, 5) is 43.3. The number of halogens is 2. The zero-order chi connectivity index (χ0) is 10.2. The van der Waals surface area contributed by atoms with Crippen LogP contribution < -0.4 is 0 Å². The molecule has 74 valence electrons. The Bertz CT molecular complexity index is 280. The van der Waals surface area contributed by atoms with Gasteiger partial charge < -0.3 is 0 Å². The molecular formula is C5H4I2O6. The first-order chi connectivity index (χ1) is 5.95. The predicted molar refractivity (Wildman–Crippen MR) is 58.6 cm³/mol. The van der Waals surface area contributed by atoms with Gasteiger partial charge in [0.25, 0.3) is 0 Å². The van der Waals surface area contributed by atoms with Gasteiger partial charge in [0.15, 0.2) is 0 Å². The second-order valence-electron chi connectivity index (χ2n) is 1.78. The molecule has 0 amide bonds.